The summed E-state index contributed by atoms with van der Waals surface area (Å²) < 4.78 is 34.5. The molecule has 0 aromatic rings. The summed E-state index contributed by atoms with van der Waals surface area (Å²) in [5.41, 5.74) is 0. The minimum absolute atomic E-state index is 0.231. The Labute approximate surface area is 690 Å². The quantitative estimate of drug-likeness (QED) is 0.0199. The number of carbonyl (C=O) groups excluding carboxylic acids is 1. The van der Waals surface area contributed by atoms with Crippen molar-refractivity contribution >= 4 is 5.91 Å². The SMILES string of the molecule is CC/C=C\C/C=C\C/C=C\C/C=C\C/C=C\C/C=C\C/C=C\C/C=C\C/C=C\C/C=C\CCCCCCCCCCCCC(=O)NC(COC1OC(CO)C(OC2OC(CO)C(OC3OC(CO)C(O)C(O)C3O)C(O)C2O)C(O)C1O)C(O)/C=C/CCCCCCCCCCCCCCCCCCCCCCCCCCCC. The van der Waals surface area contributed by atoms with E-state index >= 15 is 0 Å². The van der Waals surface area contributed by atoms with E-state index in [1.54, 1.807) is 6.08 Å². The maximum absolute atomic E-state index is 13.5. The number of allylic oxidation sites excluding steroid dienone is 21. The molecule has 19 heteroatoms. The number of carbonyl (C=O) groups is 1. The number of nitrogens with one attached hydrogen (secondary N) is 1. The second-order valence-electron chi connectivity index (χ2n) is 31.7. The van der Waals surface area contributed by atoms with Crippen LogP contribution in [0.2, 0.25) is 0 Å². The highest BCUT2D eigenvalue weighted by atomic mass is 16.8. The van der Waals surface area contributed by atoms with Crippen molar-refractivity contribution in [2.24, 2.45) is 0 Å². The molecule has 1 amide bonds. The molecule has 17 atom stereocenters. The number of hydrogen-bond donors (Lipinski definition) is 12. The van der Waals surface area contributed by atoms with Gasteiger partial charge in [-0.2, -0.15) is 0 Å². The smallest absolute Gasteiger partial charge is 0.220 e. The Hall–Kier alpha value is -4.07. The fourth-order valence-corrected chi connectivity index (χ4v) is 14.5. The van der Waals surface area contributed by atoms with E-state index in [4.69, 9.17) is 28.4 Å². The summed E-state index contributed by atoms with van der Waals surface area (Å²) in [6, 6.07) is -0.987. The standard InChI is InChI=1S/C95H163NO18/c1-3-5-7-9-11-13-15-17-19-21-23-25-27-29-31-33-34-35-36-37-38-39-40-41-42-43-44-45-47-49-51-53-55-57-59-61-63-65-67-69-71-73-83(101)96-78(79(100)72-70-68-66-64-62-60-58-56-54-52-50-48-46-32-30-28-26-24-22-20-18-16-14-12-10-8-6-4-2)77-109-93-89(107)86(104)91(81(75-98)111-93)114-95-90(108)87(105)92(82(76-99)112-95)113-94-88(106)85(103)84(102)80(74-97)110-94/h5,7,11,13,17,19,23,25,29,31,34-35,37-38,40-41,43-44,47,49,70,72,78-82,84-95,97-100,102-108H,3-4,6,8-10,12,14-16,18,20-22,24,26-28,30,32-33,36,39,42,45-46,48,50-69,71,73-77H2,1-2H3,(H,96,101)/b7-5-,13-11-,19-17-,25-23-,31-29-,35-34-,38-37-,41-40-,44-43-,49-47-,72-70+. The average Bonchev–Trinajstić information content (AvgIpc) is 0.782. The van der Waals surface area contributed by atoms with E-state index in [1.807, 2.05) is 6.08 Å². The summed E-state index contributed by atoms with van der Waals surface area (Å²) in [6.45, 7) is 1.65. The topological polar surface area (TPSA) is 307 Å². The molecule has 3 heterocycles. The Morgan fingerprint density at radius 1 is 0.325 bits per heavy atom. The van der Waals surface area contributed by atoms with Crippen LogP contribution in [0.1, 0.15) is 328 Å². The molecule has 3 aliphatic heterocycles. The van der Waals surface area contributed by atoms with Gasteiger partial charge in [-0.05, 0) is 96.3 Å². The molecule has 19 nitrogen and oxygen atoms in total. The monoisotopic (exact) mass is 1610 g/mol. The number of unbranched alkanes of at least 4 members (excludes halogenated alkanes) is 36. The Kier molecular flexibility index (Phi) is 66.6. The van der Waals surface area contributed by atoms with Crippen LogP contribution in [0.15, 0.2) is 134 Å². The van der Waals surface area contributed by atoms with Crippen LogP contribution >= 0.6 is 0 Å². The Bertz CT molecular complexity index is 2580. The van der Waals surface area contributed by atoms with E-state index in [-0.39, 0.29) is 18.9 Å². The number of rotatable bonds is 72. The lowest BCUT2D eigenvalue weighted by molar-refractivity contribution is -0.379. The van der Waals surface area contributed by atoms with Crippen molar-refractivity contribution in [3.63, 3.8) is 0 Å². The van der Waals surface area contributed by atoms with Crippen molar-refractivity contribution in [3.8, 4) is 0 Å². The van der Waals surface area contributed by atoms with Gasteiger partial charge in [0.1, 0.15) is 73.2 Å². The van der Waals surface area contributed by atoms with Gasteiger partial charge in [0.25, 0.3) is 0 Å². The second kappa shape index (κ2) is 72.9. The fraction of sp³-hybridized carbons (Fsp3) is 0.758. The van der Waals surface area contributed by atoms with Crippen molar-refractivity contribution in [2.45, 2.75) is 433 Å². The lowest BCUT2D eigenvalue weighted by Crippen LogP contribution is -2.66. The first kappa shape index (κ1) is 104. The molecular weight excluding hydrogens is 1440 g/mol. The van der Waals surface area contributed by atoms with E-state index in [0.717, 1.165) is 122 Å². The number of aliphatic hydroxyl groups is 11. The third kappa shape index (κ3) is 50.8. The average molecular weight is 1610 g/mol. The molecule has 114 heavy (non-hydrogen) atoms. The first-order valence-electron chi connectivity index (χ1n) is 45.4. The van der Waals surface area contributed by atoms with Gasteiger partial charge in [0.05, 0.1) is 38.6 Å². The first-order chi connectivity index (χ1) is 55.8. The normalized spacial score (nSPS) is 25.4. The third-order valence-corrected chi connectivity index (χ3v) is 21.7. The van der Waals surface area contributed by atoms with Gasteiger partial charge in [-0.15, -0.1) is 0 Å². The molecule has 0 aliphatic carbocycles. The first-order valence-corrected chi connectivity index (χ1v) is 45.4. The maximum atomic E-state index is 13.5. The van der Waals surface area contributed by atoms with Gasteiger partial charge < -0.3 is 89.9 Å². The van der Waals surface area contributed by atoms with Crippen molar-refractivity contribution in [1.82, 2.24) is 5.32 Å². The van der Waals surface area contributed by atoms with Crippen LogP contribution in [0, 0.1) is 0 Å². The number of hydrogen-bond acceptors (Lipinski definition) is 18. The van der Waals surface area contributed by atoms with Crippen LogP contribution in [-0.2, 0) is 33.2 Å². The van der Waals surface area contributed by atoms with Gasteiger partial charge in [-0.1, -0.05) is 359 Å². The van der Waals surface area contributed by atoms with Gasteiger partial charge >= 0.3 is 0 Å². The zero-order valence-corrected chi connectivity index (χ0v) is 70.8. The van der Waals surface area contributed by atoms with Crippen LogP contribution in [-0.4, -0.2) is 193 Å². The van der Waals surface area contributed by atoms with Gasteiger partial charge in [0.15, 0.2) is 18.9 Å². The van der Waals surface area contributed by atoms with Crippen LogP contribution < -0.4 is 5.32 Å². The minimum Gasteiger partial charge on any atom is -0.394 e. The summed E-state index contributed by atoms with van der Waals surface area (Å²) >= 11 is 0. The summed E-state index contributed by atoms with van der Waals surface area (Å²) in [5, 5.41) is 121. The Balaban J connectivity index is 1.33. The van der Waals surface area contributed by atoms with Gasteiger partial charge in [-0.25, -0.2) is 0 Å². The van der Waals surface area contributed by atoms with E-state index < -0.39 is 124 Å². The lowest BCUT2D eigenvalue weighted by Gasteiger charge is -2.48. The molecule has 3 rings (SSSR count). The predicted octanol–water partition coefficient (Wildman–Crippen LogP) is 17.6. The van der Waals surface area contributed by atoms with Crippen LogP contribution in [0.5, 0.6) is 0 Å². The van der Waals surface area contributed by atoms with Crippen molar-refractivity contribution in [3.05, 3.63) is 134 Å². The van der Waals surface area contributed by atoms with Crippen LogP contribution in [0.4, 0.5) is 0 Å². The molecule has 3 aliphatic rings. The highest BCUT2D eigenvalue weighted by Crippen LogP contribution is 2.33. The van der Waals surface area contributed by atoms with Crippen LogP contribution in [0.3, 0.4) is 0 Å². The van der Waals surface area contributed by atoms with Crippen molar-refractivity contribution in [2.75, 3.05) is 26.4 Å². The van der Waals surface area contributed by atoms with Crippen molar-refractivity contribution in [1.29, 1.82) is 0 Å². The molecule has 656 valence electrons. The Morgan fingerprint density at radius 3 is 0.947 bits per heavy atom. The van der Waals surface area contributed by atoms with Crippen molar-refractivity contribution < 1.29 is 89.4 Å². The summed E-state index contributed by atoms with van der Waals surface area (Å²) in [4.78, 5) is 13.5. The van der Waals surface area contributed by atoms with E-state index in [9.17, 15) is 61.0 Å². The molecule has 0 radical (unpaired) electrons. The van der Waals surface area contributed by atoms with Gasteiger partial charge in [-0.3, -0.25) is 4.79 Å². The summed E-state index contributed by atoms with van der Waals surface area (Å²) in [5.74, 6) is -0.281. The van der Waals surface area contributed by atoms with E-state index in [1.165, 1.54) is 180 Å². The fourth-order valence-electron chi connectivity index (χ4n) is 14.5. The molecule has 0 spiro atoms. The van der Waals surface area contributed by atoms with Crippen LogP contribution in [0.25, 0.3) is 0 Å². The highest BCUT2D eigenvalue weighted by molar-refractivity contribution is 5.76. The summed E-state index contributed by atoms with van der Waals surface area (Å²) in [6.07, 6.45) is 78.7. The molecule has 0 saturated carbocycles. The molecule has 0 aromatic carbocycles. The molecule has 3 saturated heterocycles. The molecule has 0 aromatic heterocycles. The lowest BCUT2D eigenvalue weighted by atomic mass is 9.96. The molecule has 0 bridgehead atoms. The largest absolute Gasteiger partial charge is 0.394 e. The number of ether oxygens (including phenoxy) is 6. The predicted molar refractivity (Wildman–Crippen MR) is 461 cm³/mol. The van der Waals surface area contributed by atoms with Gasteiger partial charge in [0.2, 0.25) is 5.91 Å². The third-order valence-electron chi connectivity index (χ3n) is 21.7. The number of amides is 1. The van der Waals surface area contributed by atoms with Gasteiger partial charge in [0, 0.05) is 6.42 Å². The molecule has 17 unspecified atom stereocenters. The Morgan fingerprint density at radius 2 is 0.605 bits per heavy atom. The molecule has 3 fully saturated rings. The zero-order chi connectivity index (χ0) is 82.4. The molecular formula is C95H163NO18. The maximum Gasteiger partial charge on any atom is 0.220 e. The zero-order valence-electron chi connectivity index (χ0n) is 70.8. The molecule has 12 N–H and O–H groups in total. The van der Waals surface area contributed by atoms with E-state index in [2.05, 4.69) is 141 Å². The second-order valence-corrected chi connectivity index (χ2v) is 31.7. The van der Waals surface area contributed by atoms with E-state index in [0.29, 0.717) is 6.42 Å². The highest BCUT2D eigenvalue weighted by Gasteiger charge is 2.54. The number of aliphatic hydroxyl groups excluding tert-OH is 11. The summed E-state index contributed by atoms with van der Waals surface area (Å²) in [7, 11) is 0. The minimum atomic E-state index is -1.99.